The van der Waals surface area contributed by atoms with Gasteiger partial charge in [0.05, 0.1) is 13.1 Å². The number of phenolic OH excluding ortho intramolecular Hbond substituents is 1. The van der Waals surface area contributed by atoms with E-state index in [9.17, 15) is 29.1 Å². The van der Waals surface area contributed by atoms with Gasteiger partial charge in [0.2, 0.25) is 23.6 Å². The van der Waals surface area contributed by atoms with Gasteiger partial charge in [0.25, 0.3) is 0 Å². The number of hydrogen-bond acceptors (Lipinski definition) is 8. The Balaban J connectivity index is 1.47. The number of esters is 1. The number of ether oxygens (including phenoxy) is 1. The van der Waals surface area contributed by atoms with Crippen LogP contribution in [0.15, 0.2) is 84.9 Å². The van der Waals surface area contributed by atoms with Crippen molar-refractivity contribution in [3.8, 4) is 5.75 Å². The minimum Gasteiger partial charge on any atom is -0.508 e. The van der Waals surface area contributed by atoms with Crippen molar-refractivity contribution >= 4 is 41.4 Å². The Morgan fingerprint density at radius 3 is 1.77 bits per heavy atom. The molecule has 0 fully saturated rings. The highest BCUT2D eigenvalue weighted by molar-refractivity contribution is 6.15. The molecular formula is C31H34ClN5O7. The lowest BCUT2D eigenvalue weighted by molar-refractivity contribution is -0.145. The molecule has 4 amide bonds. The summed E-state index contributed by atoms with van der Waals surface area (Å²) < 4.78 is 5.11. The zero-order valence-corrected chi connectivity index (χ0v) is 24.5. The van der Waals surface area contributed by atoms with Gasteiger partial charge in [-0.3, -0.25) is 24.0 Å². The Morgan fingerprint density at radius 1 is 0.636 bits per heavy atom. The minimum atomic E-state index is -1.07. The standard InChI is InChI=1S/C31H34ClN5O7/c32-37-26(16-22-11-13-24(38)14-12-22)31(43)35-18-28(40)36-25(15-21-7-3-1-4-8-21)30(42)34-17-27(39)33-19-29(41)44-20-23-9-5-2-6-10-23/h1-14,25-26,37-38H,15-20H2,(H,33,39)(H,34,42)(H,35,43)(H,36,40)/t25-,26-/m0/s1. The number of carbonyl (C=O) groups excluding carboxylic acids is 5. The fourth-order valence-corrected chi connectivity index (χ4v) is 4.13. The average molecular weight is 624 g/mol. The lowest BCUT2D eigenvalue weighted by Gasteiger charge is -2.20. The summed E-state index contributed by atoms with van der Waals surface area (Å²) in [5, 5.41) is 19.3. The summed E-state index contributed by atoms with van der Waals surface area (Å²) >= 11 is 5.74. The largest absolute Gasteiger partial charge is 0.508 e. The van der Waals surface area contributed by atoms with Crippen molar-refractivity contribution in [2.24, 2.45) is 0 Å². The van der Waals surface area contributed by atoms with Crippen molar-refractivity contribution in [3.05, 3.63) is 102 Å². The lowest BCUT2D eigenvalue weighted by Crippen LogP contribution is -2.53. The molecule has 0 aliphatic rings. The van der Waals surface area contributed by atoms with Crippen LogP contribution in [-0.2, 0) is 48.2 Å². The summed E-state index contributed by atoms with van der Waals surface area (Å²) in [6.45, 7) is -1.19. The Hall–Kier alpha value is -4.94. The fraction of sp³-hybridized carbons (Fsp3) is 0.258. The number of benzene rings is 3. The third-order valence-corrected chi connectivity index (χ3v) is 6.54. The van der Waals surface area contributed by atoms with E-state index in [2.05, 4.69) is 26.1 Å². The van der Waals surface area contributed by atoms with Crippen LogP contribution < -0.4 is 26.1 Å². The van der Waals surface area contributed by atoms with Crippen LogP contribution in [0.25, 0.3) is 0 Å². The van der Waals surface area contributed by atoms with Gasteiger partial charge in [-0.1, -0.05) is 72.8 Å². The molecule has 6 N–H and O–H groups in total. The maximum Gasteiger partial charge on any atom is 0.325 e. The van der Waals surface area contributed by atoms with Crippen molar-refractivity contribution in [1.82, 2.24) is 26.1 Å². The van der Waals surface area contributed by atoms with Crippen LogP contribution >= 0.6 is 11.8 Å². The van der Waals surface area contributed by atoms with Gasteiger partial charge in [-0.2, -0.15) is 0 Å². The van der Waals surface area contributed by atoms with Crippen molar-refractivity contribution < 1.29 is 33.8 Å². The highest BCUT2D eigenvalue weighted by Gasteiger charge is 2.24. The third-order valence-electron chi connectivity index (χ3n) is 6.28. The van der Waals surface area contributed by atoms with Gasteiger partial charge in [0.15, 0.2) is 0 Å². The summed E-state index contributed by atoms with van der Waals surface area (Å²) in [4.78, 5) is 64.9. The first kappa shape index (κ1) is 33.6. The van der Waals surface area contributed by atoms with E-state index in [0.717, 1.165) is 16.7 Å². The topological polar surface area (TPSA) is 175 Å². The van der Waals surface area contributed by atoms with Gasteiger partial charge >= 0.3 is 5.97 Å². The normalized spacial score (nSPS) is 11.8. The van der Waals surface area contributed by atoms with Crippen molar-refractivity contribution in [1.29, 1.82) is 0 Å². The number of aromatic hydroxyl groups is 1. The first-order valence-electron chi connectivity index (χ1n) is 13.7. The number of carbonyl (C=O) groups is 5. The van der Waals surface area contributed by atoms with Crippen LogP contribution in [0.1, 0.15) is 16.7 Å². The van der Waals surface area contributed by atoms with Crippen LogP contribution in [0.3, 0.4) is 0 Å². The molecule has 0 unspecified atom stereocenters. The second kappa shape index (κ2) is 17.9. The van der Waals surface area contributed by atoms with Crippen molar-refractivity contribution in [3.63, 3.8) is 0 Å². The molecule has 2 atom stereocenters. The molecule has 44 heavy (non-hydrogen) atoms. The predicted molar refractivity (Wildman–Crippen MR) is 162 cm³/mol. The summed E-state index contributed by atoms with van der Waals surface area (Å²) in [7, 11) is 0. The molecule has 3 rings (SSSR count). The van der Waals surface area contributed by atoms with E-state index in [-0.39, 0.29) is 31.7 Å². The number of rotatable bonds is 16. The van der Waals surface area contributed by atoms with Crippen LogP contribution in [0.5, 0.6) is 5.75 Å². The Bertz CT molecular complexity index is 1390. The number of amides is 4. The van der Waals surface area contributed by atoms with Crippen LogP contribution in [0, 0.1) is 0 Å². The second-order valence-electron chi connectivity index (χ2n) is 9.70. The molecule has 0 saturated heterocycles. The van der Waals surface area contributed by atoms with E-state index in [1.165, 1.54) is 12.1 Å². The van der Waals surface area contributed by atoms with E-state index in [0.29, 0.717) is 0 Å². The number of phenols is 1. The minimum absolute atomic E-state index is 0.0645. The monoisotopic (exact) mass is 623 g/mol. The van der Waals surface area contributed by atoms with E-state index >= 15 is 0 Å². The smallest absolute Gasteiger partial charge is 0.325 e. The number of hydrogen-bond donors (Lipinski definition) is 6. The molecule has 0 saturated carbocycles. The van der Waals surface area contributed by atoms with Gasteiger partial charge in [-0.25, -0.2) is 4.84 Å². The van der Waals surface area contributed by atoms with Gasteiger partial charge in [0, 0.05) is 6.42 Å². The zero-order chi connectivity index (χ0) is 31.7. The molecule has 3 aromatic rings. The van der Waals surface area contributed by atoms with E-state index < -0.39 is 54.8 Å². The van der Waals surface area contributed by atoms with Gasteiger partial charge in [-0.15, -0.1) is 0 Å². The SMILES string of the molecule is O=C(CNC(=O)[C@H](Cc1ccccc1)NC(=O)CNC(=O)[C@H](Cc1ccc(O)cc1)NCl)NCC(=O)OCc1ccccc1. The Morgan fingerprint density at radius 2 is 1.16 bits per heavy atom. The molecule has 0 heterocycles. The van der Waals surface area contributed by atoms with E-state index in [1.807, 2.05) is 18.2 Å². The molecule has 0 radical (unpaired) electrons. The molecule has 3 aromatic carbocycles. The zero-order valence-electron chi connectivity index (χ0n) is 23.8. The van der Waals surface area contributed by atoms with Gasteiger partial charge in [-0.05, 0) is 47.0 Å². The lowest BCUT2D eigenvalue weighted by atomic mass is 10.0. The van der Waals surface area contributed by atoms with Crippen LogP contribution in [0.2, 0.25) is 0 Å². The predicted octanol–water partition coefficient (Wildman–Crippen LogP) is 0.866. The second-order valence-corrected chi connectivity index (χ2v) is 9.92. The number of halogens is 1. The summed E-state index contributed by atoms with van der Waals surface area (Å²) in [5.74, 6) is -3.01. The summed E-state index contributed by atoms with van der Waals surface area (Å²) in [6.07, 6.45) is 0.315. The molecule has 0 aliphatic carbocycles. The molecule has 13 heteroatoms. The fourth-order valence-electron chi connectivity index (χ4n) is 3.96. The number of nitrogens with one attached hydrogen (secondary N) is 5. The summed E-state index contributed by atoms with van der Waals surface area (Å²) in [6, 6.07) is 22.3. The molecule has 232 valence electrons. The molecule has 0 bridgehead atoms. The summed E-state index contributed by atoms with van der Waals surface area (Å²) in [5.41, 5.74) is 2.28. The van der Waals surface area contributed by atoms with Crippen LogP contribution in [-0.4, -0.2) is 66.4 Å². The Labute approximate surface area is 259 Å². The molecule has 0 aliphatic heterocycles. The molecular weight excluding hydrogens is 590 g/mol. The molecule has 0 aromatic heterocycles. The van der Waals surface area contributed by atoms with Gasteiger partial charge in [0.1, 0.15) is 31.0 Å². The first-order chi connectivity index (χ1) is 21.2. The van der Waals surface area contributed by atoms with E-state index in [1.54, 1.807) is 54.6 Å². The molecule has 12 nitrogen and oxygen atoms in total. The highest BCUT2D eigenvalue weighted by atomic mass is 35.5. The highest BCUT2D eigenvalue weighted by Crippen LogP contribution is 2.12. The third kappa shape index (κ3) is 12.1. The quantitative estimate of drug-likeness (QED) is 0.101. The maximum absolute atomic E-state index is 13.0. The maximum atomic E-state index is 13.0. The average Bonchev–Trinajstić information content (AvgIpc) is 3.04. The van der Waals surface area contributed by atoms with Crippen LogP contribution in [0.4, 0.5) is 0 Å². The van der Waals surface area contributed by atoms with Crippen molar-refractivity contribution in [2.75, 3.05) is 19.6 Å². The van der Waals surface area contributed by atoms with E-state index in [4.69, 9.17) is 16.5 Å². The molecule has 0 spiro atoms. The van der Waals surface area contributed by atoms with Gasteiger partial charge < -0.3 is 31.1 Å². The van der Waals surface area contributed by atoms with Crippen molar-refractivity contribution in [2.45, 2.75) is 31.5 Å². The first-order valence-corrected chi connectivity index (χ1v) is 14.1. The Kier molecular flexibility index (Phi) is 13.6.